The molecule has 10 heteroatoms. The molecule has 0 radical (unpaired) electrons. The summed E-state index contributed by atoms with van der Waals surface area (Å²) in [6.45, 7) is 9.10. The molecule has 1 aromatic heterocycles. The van der Waals surface area contributed by atoms with Crippen molar-refractivity contribution in [3.63, 3.8) is 0 Å². The summed E-state index contributed by atoms with van der Waals surface area (Å²) in [6.07, 6.45) is 6.13. The van der Waals surface area contributed by atoms with E-state index < -0.39 is 5.79 Å². The lowest BCUT2D eigenvalue weighted by atomic mass is 9.81. The molecule has 1 saturated carbocycles. The molecule has 1 saturated heterocycles. The monoisotopic (exact) mass is 646 g/mol. The number of aryl methyl sites for hydroxylation is 1. The number of anilines is 1. The lowest BCUT2D eigenvalue weighted by molar-refractivity contribution is -0.123. The van der Waals surface area contributed by atoms with Gasteiger partial charge in [-0.05, 0) is 89.7 Å². The van der Waals surface area contributed by atoms with Crippen LogP contribution >= 0.6 is 11.8 Å². The quantitative estimate of drug-likeness (QED) is 0.299. The zero-order chi connectivity index (χ0) is 32.6. The summed E-state index contributed by atoms with van der Waals surface area (Å²) in [5.41, 5.74) is 5.30. The molecule has 2 aliphatic heterocycles. The van der Waals surface area contributed by atoms with E-state index >= 15 is 0 Å². The summed E-state index contributed by atoms with van der Waals surface area (Å²) in [7, 11) is 4.29. The zero-order valence-electron chi connectivity index (χ0n) is 27.8. The van der Waals surface area contributed by atoms with Gasteiger partial charge in [0.25, 0.3) is 17.3 Å². The lowest BCUT2D eigenvalue weighted by Gasteiger charge is -2.39. The Morgan fingerprint density at radius 1 is 1.04 bits per heavy atom. The molecular formula is C36H46N4O5S. The van der Waals surface area contributed by atoms with Crippen LogP contribution in [0.25, 0.3) is 11.1 Å². The van der Waals surface area contributed by atoms with Gasteiger partial charge < -0.3 is 34.3 Å². The van der Waals surface area contributed by atoms with Crippen LogP contribution in [0.5, 0.6) is 11.5 Å². The number of carbonyl (C=O) groups excluding carboxylic acids is 1. The number of carbonyl (C=O) groups is 1. The molecule has 1 atom stereocenters. The van der Waals surface area contributed by atoms with Crippen LogP contribution in [-0.2, 0) is 11.3 Å². The van der Waals surface area contributed by atoms with E-state index in [1.165, 1.54) is 11.8 Å². The van der Waals surface area contributed by atoms with Crippen molar-refractivity contribution in [2.75, 3.05) is 51.6 Å². The average molecular weight is 647 g/mol. The molecule has 3 aliphatic rings. The minimum Gasteiger partial charge on any atom is -0.448 e. The summed E-state index contributed by atoms with van der Waals surface area (Å²) < 4.78 is 19.1. The Labute approximate surface area is 276 Å². The number of fused-ring (bicyclic) bond motifs is 1. The second-order valence-corrected chi connectivity index (χ2v) is 13.9. The molecule has 0 bridgehead atoms. The number of nitrogens with zero attached hydrogens (tertiary/aromatic N) is 2. The number of morpholine rings is 1. The summed E-state index contributed by atoms with van der Waals surface area (Å²) in [6, 6.07) is 12.8. The molecule has 0 spiro atoms. The van der Waals surface area contributed by atoms with Crippen molar-refractivity contribution in [1.29, 1.82) is 0 Å². The average Bonchev–Trinajstić information content (AvgIpc) is 3.43. The number of hydrogen-bond acceptors (Lipinski definition) is 8. The highest BCUT2D eigenvalue weighted by molar-refractivity contribution is 7.98. The van der Waals surface area contributed by atoms with Crippen LogP contribution in [-0.4, -0.2) is 74.3 Å². The number of rotatable bonds is 8. The number of nitrogens with one attached hydrogen (secondary N) is 2. The van der Waals surface area contributed by atoms with Gasteiger partial charge >= 0.3 is 0 Å². The van der Waals surface area contributed by atoms with Gasteiger partial charge in [0.2, 0.25) is 0 Å². The Kier molecular flexibility index (Phi) is 9.41. The topological polar surface area (TPSA) is 96.1 Å². The molecule has 2 fully saturated rings. The van der Waals surface area contributed by atoms with E-state index in [1.54, 1.807) is 0 Å². The number of thioether (sulfide) groups is 1. The number of aromatic amines is 1. The maximum atomic E-state index is 13.9. The van der Waals surface area contributed by atoms with E-state index in [0.717, 1.165) is 85.0 Å². The van der Waals surface area contributed by atoms with E-state index in [9.17, 15) is 9.59 Å². The highest BCUT2D eigenvalue weighted by atomic mass is 32.2. The Morgan fingerprint density at radius 3 is 2.37 bits per heavy atom. The third-order valence-electron chi connectivity index (χ3n) is 9.94. The van der Waals surface area contributed by atoms with Crippen molar-refractivity contribution >= 4 is 23.4 Å². The highest BCUT2D eigenvalue weighted by Crippen LogP contribution is 2.53. The number of hydrogen-bond donors (Lipinski definition) is 2. The molecule has 46 heavy (non-hydrogen) atoms. The van der Waals surface area contributed by atoms with Crippen LogP contribution in [0.2, 0.25) is 0 Å². The van der Waals surface area contributed by atoms with E-state index in [-0.39, 0.29) is 23.9 Å². The van der Waals surface area contributed by atoms with E-state index in [2.05, 4.69) is 58.5 Å². The van der Waals surface area contributed by atoms with E-state index in [1.807, 2.05) is 39.2 Å². The molecule has 1 amide bonds. The van der Waals surface area contributed by atoms with Crippen LogP contribution in [0.3, 0.4) is 0 Å². The van der Waals surface area contributed by atoms with Crippen molar-refractivity contribution in [3.05, 3.63) is 69.1 Å². The Morgan fingerprint density at radius 2 is 1.72 bits per heavy atom. The van der Waals surface area contributed by atoms with Gasteiger partial charge in [-0.1, -0.05) is 12.1 Å². The fraction of sp³-hybridized carbons (Fsp3) is 0.500. The van der Waals surface area contributed by atoms with Crippen LogP contribution in [0.4, 0.5) is 5.69 Å². The third-order valence-corrected chi connectivity index (χ3v) is 10.7. The van der Waals surface area contributed by atoms with Gasteiger partial charge in [-0.2, -0.15) is 0 Å². The van der Waals surface area contributed by atoms with Gasteiger partial charge in [-0.3, -0.25) is 9.59 Å². The first-order chi connectivity index (χ1) is 22.1. The number of aromatic nitrogens is 1. The summed E-state index contributed by atoms with van der Waals surface area (Å²) in [5, 5.41) is 3.02. The van der Waals surface area contributed by atoms with Crippen molar-refractivity contribution in [3.8, 4) is 22.6 Å². The number of ether oxygens (including phenoxy) is 3. The Hall–Kier alpha value is -3.47. The van der Waals surface area contributed by atoms with E-state index in [0.29, 0.717) is 28.7 Å². The van der Waals surface area contributed by atoms with Gasteiger partial charge in [-0.25, -0.2) is 0 Å². The SMILES string of the molecule is CSc1cc(C)[nH]c(=O)c1CNC(=O)c1cc(-c2ccc(N3CCOCC3)cc2)c2c(c1C)OC(C)([C@H]1CC[C@H](N(C)C)CC1)O2. The summed E-state index contributed by atoms with van der Waals surface area (Å²) in [5.74, 6) is 0.440. The molecule has 6 rings (SSSR count). The molecule has 9 nitrogen and oxygen atoms in total. The zero-order valence-corrected chi connectivity index (χ0v) is 28.6. The van der Waals surface area contributed by atoms with Gasteiger partial charge in [0, 0.05) is 77.0 Å². The smallest absolute Gasteiger partial charge is 0.254 e. The lowest BCUT2D eigenvalue weighted by Crippen LogP contribution is -2.46. The second kappa shape index (κ2) is 13.3. The molecule has 2 N–H and O–H groups in total. The largest absolute Gasteiger partial charge is 0.448 e. The summed E-state index contributed by atoms with van der Waals surface area (Å²) in [4.78, 5) is 35.0. The summed E-state index contributed by atoms with van der Waals surface area (Å²) >= 11 is 1.50. The van der Waals surface area contributed by atoms with Crippen LogP contribution in [0, 0.1) is 19.8 Å². The molecule has 2 aromatic carbocycles. The van der Waals surface area contributed by atoms with Crippen molar-refractivity contribution in [2.45, 2.75) is 69.7 Å². The van der Waals surface area contributed by atoms with Crippen LogP contribution < -0.4 is 25.2 Å². The third kappa shape index (κ3) is 6.39. The molecule has 3 heterocycles. The molecule has 3 aromatic rings. The van der Waals surface area contributed by atoms with Crippen molar-refractivity contribution < 1.29 is 19.0 Å². The fourth-order valence-electron chi connectivity index (χ4n) is 7.09. The first-order valence-electron chi connectivity index (χ1n) is 16.3. The minimum absolute atomic E-state index is 0.120. The highest BCUT2D eigenvalue weighted by Gasteiger charge is 2.47. The first-order valence-corrected chi connectivity index (χ1v) is 17.5. The maximum absolute atomic E-state index is 13.9. The van der Waals surface area contributed by atoms with Gasteiger partial charge in [0.05, 0.1) is 13.2 Å². The normalized spacial score (nSPS) is 22.7. The predicted octanol–water partition coefficient (Wildman–Crippen LogP) is 5.76. The maximum Gasteiger partial charge on any atom is 0.254 e. The van der Waals surface area contributed by atoms with E-state index in [4.69, 9.17) is 14.2 Å². The Balaban J connectivity index is 1.33. The molecular weight excluding hydrogens is 600 g/mol. The predicted molar refractivity (Wildman–Crippen MR) is 183 cm³/mol. The molecule has 1 aliphatic carbocycles. The van der Waals surface area contributed by atoms with Crippen LogP contribution in [0.1, 0.15) is 59.8 Å². The second-order valence-electron chi connectivity index (χ2n) is 13.1. The molecule has 1 unspecified atom stereocenters. The molecule has 246 valence electrons. The number of H-pyrrole nitrogens is 1. The Bertz CT molecular complexity index is 1640. The van der Waals surface area contributed by atoms with Gasteiger partial charge in [-0.15, -0.1) is 11.8 Å². The standard InChI is InChI=1S/C36H46N4O5S/c1-22-19-31(46-6)30(35(42)38-22)21-37-34(41)28-20-29(24-7-11-27(12-8-24)40-15-17-43-18-16-40)33-32(23(28)2)44-36(3,45-33)25-9-13-26(14-10-25)39(4)5/h7-8,11-12,19-20,25-26H,9-10,13-18,21H2,1-6H3,(H,37,41)(H,38,42)/t25-,26-,36?. The van der Waals surface area contributed by atoms with Crippen LogP contribution in [0.15, 0.2) is 46.1 Å². The van der Waals surface area contributed by atoms with Crippen molar-refractivity contribution in [2.24, 2.45) is 5.92 Å². The van der Waals surface area contributed by atoms with Crippen molar-refractivity contribution in [1.82, 2.24) is 15.2 Å². The number of benzene rings is 2. The first kappa shape index (κ1) is 32.5. The van der Waals surface area contributed by atoms with Gasteiger partial charge in [0.1, 0.15) is 0 Å². The number of amides is 1. The fourth-order valence-corrected chi connectivity index (χ4v) is 7.80. The minimum atomic E-state index is -0.829. The number of pyridine rings is 1. The van der Waals surface area contributed by atoms with Gasteiger partial charge in [0.15, 0.2) is 11.5 Å².